The number of thiophene rings is 1. The van der Waals surface area contributed by atoms with Crippen molar-refractivity contribution in [2.75, 3.05) is 0 Å². The first-order chi connectivity index (χ1) is 7.34. The van der Waals surface area contributed by atoms with Crippen molar-refractivity contribution in [3.63, 3.8) is 0 Å². The van der Waals surface area contributed by atoms with Gasteiger partial charge in [0.15, 0.2) is 5.78 Å². The molecule has 0 radical (unpaired) electrons. The Morgan fingerprint density at radius 1 is 1.13 bits per heavy atom. The molecule has 0 unspecified atom stereocenters. The Balaban J connectivity index is 2.11. The molecule has 0 saturated carbocycles. The van der Waals surface area contributed by atoms with Crippen molar-refractivity contribution in [3.05, 3.63) is 46.8 Å². The molecule has 1 aliphatic rings. The first kappa shape index (κ1) is 8.86. The molecule has 2 heteroatoms. The smallest absolute Gasteiger partial charge is 0.163 e. The maximum Gasteiger partial charge on any atom is 0.163 e. The first-order valence-corrected chi connectivity index (χ1v) is 5.92. The zero-order valence-electron chi connectivity index (χ0n) is 8.19. The minimum atomic E-state index is 0.294. The minimum absolute atomic E-state index is 0.294. The summed E-state index contributed by atoms with van der Waals surface area (Å²) in [6.45, 7) is 0. The third-order valence-corrected chi connectivity index (χ3v) is 3.75. The van der Waals surface area contributed by atoms with Crippen molar-refractivity contribution in [1.29, 1.82) is 0 Å². The standard InChI is InChI=1S/C13H10OS/c14-12-6-4-9-8-10(3-5-11(9)12)13-2-1-7-15-13/h1-3,5,7-8H,4,6H2. The molecule has 1 aliphatic carbocycles. The summed E-state index contributed by atoms with van der Waals surface area (Å²) in [7, 11) is 0. The molecule has 0 N–H and O–H groups in total. The molecule has 1 nitrogen and oxygen atoms in total. The molecule has 0 saturated heterocycles. The zero-order valence-corrected chi connectivity index (χ0v) is 9.01. The molecule has 1 aromatic heterocycles. The van der Waals surface area contributed by atoms with Crippen molar-refractivity contribution in [2.45, 2.75) is 12.8 Å². The van der Waals surface area contributed by atoms with Crippen LogP contribution in [0.3, 0.4) is 0 Å². The Kier molecular flexibility index (Phi) is 1.96. The molecule has 0 bridgehead atoms. The van der Waals surface area contributed by atoms with Gasteiger partial charge in [-0.05, 0) is 35.1 Å². The van der Waals surface area contributed by atoms with E-state index in [0.717, 1.165) is 12.0 Å². The number of rotatable bonds is 1. The van der Waals surface area contributed by atoms with Crippen LogP contribution in [0.15, 0.2) is 35.7 Å². The highest BCUT2D eigenvalue weighted by atomic mass is 32.1. The van der Waals surface area contributed by atoms with E-state index in [1.165, 1.54) is 16.0 Å². The lowest BCUT2D eigenvalue weighted by Crippen LogP contribution is -1.90. The first-order valence-electron chi connectivity index (χ1n) is 5.04. The van der Waals surface area contributed by atoms with Gasteiger partial charge >= 0.3 is 0 Å². The Hall–Kier alpha value is -1.41. The topological polar surface area (TPSA) is 17.1 Å². The molecule has 0 aliphatic heterocycles. The molecule has 0 fully saturated rings. The van der Waals surface area contributed by atoms with Gasteiger partial charge in [-0.25, -0.2) is 0 Å². The number of aryl methyl sites for hydroxylation is 1. The number of hydrogen-bond acceptors (Lipinski definition) is 2. The second-order valence-corrected chi connectivity index (χ2v) is 4.72. The van der Waals surface area contributed by atoms with Crippen LogP contribution in [-0.4, -0.2) is 5.78 Å². The molecule has 15 heavy (non-hydrogen) atoms. The maximum absolute atomic E-state index is 11.5. The number of Topliss-reactive ketones (excluding diaryl/α,β-unsaturated/α-hetero) is 1. The third kappa shape index (κ3) is 1.41. The second kappa shape index (κ2) is 3.31. The fraction of sp³-hybridized carbons (Fsp3) is 0.154. The van der Waals surface area contributed by atoms with E-state index >= 15 is 0 Å². The van der Waals surface area contributed by atoms with Gasteiger partial charge in [0.2, 0.25) is 0 Å². The molecule has 74 valence electrons. The van der Waals surface area contributed by atoms with Crippen molar-refractivity contribution >= 4 is 17.1 Å². The number of benzene rings is 1. The maximum atomic E-state index is 11.5. The SMILES string of the molecule is O=C1CCc2cc(-c3cccs3)ccc21. The van der Waals surface area contributed by atoms with E-state index in [1.54, 1.807) is 11.3 Å². The van der Waals surface area contributed by atoms with Gasteiger partial charge < -0.3 is 0 Å². The van der Waals surface area contributed by atoms with E-state index in [9.17, 15) is 4.79 Å². The van der Waals surface area contributed by atoms with Crippen LogP contribution in [0.4, 0.5) is 0 Å². The average Bonchev–Trinajstić information content (AvgIpc) is 2.88. The highest BCUT2D eigenvalue weighted by Crippen LogP contribution is 2.30. The van der Waals surface area contributed by atoms with Crippen molar-refractivity contribution in [2.24, 2.45) is 0 Å². The predicted molar refractivity (Wildman–Crippen MR) is 62.4 cm³/mol. The minimum Gasteiger partial charge on any atom is -0.294 e. The van der Waals surface area contributed by atoms with Gasteiger partial charge in [-0.15, -0.1) is 11.3 Å². The van der Waals surface area contributed by atoms with Crippen LogP contribution in [0.1, 0.15) is 22.3 Å². The van der Waals surface area contributed by atoms with E-state index in [2.05, 4.69) is 23.6 Å². The summed E-state index contributed by atoms with van der Waals surface area (Å²) in [5.74, 6) is 0.294. The fourth-order valence-corrected chi connectivity index (χ4v) is 2.78. The van der Waals surface area contributed by atoms with E-state index in [1.807, 2.05) is 12.1 Å². The lowest BCUT2D eigenvalue weighted by Gasteiger charge is -2.01. The summed E-state index contributed by atoms with van der Waals surface area (Å²) in [5, 5.41) is 2.08. The molecule has 2 aromatic rings. The Bertz CT molecular complexity index is 511. The summed E-state index contributed by atoms with van der Waals surface area (Å²) in [6.07, 6.45) is 1.59. The van der Waals surface area contributed by atoms with Crippen LogP contribution in [0, 0.1) is 0 Å². The van der Waals surface area contributed by atoms with Crippen molar-refractivity contribution in [3.8, 4) is 10.4 Å². The zero-order chi connectivity index (χ0) is 10.3. The number of fused-ring (bicyclic) bond motifs is 1. The molecular weight excluding hydrogens is 204 g/mol. The molecule has 0 amide bonds. The van der Waals surface area contributed by atoms with Crippen LogP contribution in [0.5, 0.6) is 0 Å². The number of carbonyl (C=O) groups excluding carboxylic acids is 1. The van der Waals surface area contributed by atoms with Crippen molar-refractivity contribution < 1.29 is 4.79 Å². The van der Waals surface area contributed by atoms with Gasteiger partial charge in [-0.3, -0.25) is 4.79 Å². The molecule has 3 rings (SSSR count). The van der Waals surface area contributed by atoms with E-state index in [0.29, 0.717) is 12.2 Å². The summed E-state index contributed by atoms with van der Waals surface area (Å²) >= 11 is 1.74. The van der Waals surface area contributed by atoms with E-state index < -0.39 is 0 Å². The van der Waals surface area contributed by atoms with Gasteiger partial charge in [-0.1, -0.05) is 18.2 Å². The molecule has 0 spiro atoms. The Morgan fingerprint density at radius 3 is 2.87 bits per heavy atom. The summed E-state index contributed by atoms with van der Waals surface area (Å²) in [5.41, 5.74) is 3.37. The summed E-state index contributed by atoms with van der Waals surface area (Å²) in [4.78, 5) is 12.7. The quantitative estimate of drug-likeness (QED) is 0.709. The summed E-state index contributed by atoms with van der Waals surface area (Å²) < 4.78 is 0. The van der Waals surface area contributed by atoms with Gasteiger partial charge in [0, 0.05) is 16.9 Å². The number of hydrogen-bond donors (Lipinski definition) is 0. The van der Waals surface area contributed by atoms with Crippen LogP contribution >= 0.6 is 11.3 Å². The van der Waals surface area contributed by atoms with Gasteiger partial charge in [0.25, 0.3) is 0 Å². The number of carbonyl (C=O) groups is 1. The predicted octanol–water partition coefficient (Wildman–Crippen LogP) is 3.54. The lowest BCUT2D eigenvalue weighted by atomic mass is 10.1. The van der Waals surface area contributed by atoms with Crippen LogP contribution in [0.25, 0.3) is 10.4 Å². The lowest BCUT2D eigenvalue weighted by molar-refractivity contribution is 0.0994. The van der Waals surface area contributed by atoms with Crippen LogP contribution in [-0.2, 0) is 6.42 Å². The molecule has 1 aromatic carbocycles. The molecule has 0 atom stereocenters. The monoisotopic (exact) mass is 214 g/mol. The summed E-state index contributed by atoms with van der Waals surface area (Å²) in [6, 6.07) is 10.3. The van der Waals surface area contributed by atoms with E-state index in [-0.39, 0.29) is 0 Å². The normalized spacial score (nSPS) is 14.3. The van der Waals surface area contributed by atoms with Crippen molar-refractivity contribution in [1.82, 2.24) is 0 Å². The third-order valence-electron chi connectivity index (χ3n) is 2.83. The highest BCUT2D eigenvalue weighted by molar-refractivity contribution is 7.13. The van der Waals surface area contributed by atoms with Gasteiger partial charge in [0.1, 0.15) is 0 Å². The largest absolute Gasteiger partial charge is 0.294 e. The highest BCUT2D eigenvalue weighted by Gasteiger charge is 2.19. The van der Waals surface area contributed by atoms with Crippen LogP contribution < -0.4 is 0 Å². The number of ketones is 1. The van der Waals surface area contributed by atoms with Gasteiger partial charge in [-0.2, -0.15) is 0 Å². The Morgan fingerprint density at radius 2 is 2.07 bits per heavy atom. The van der Waals surface area contributed by atoms with Crippen LogP contribution in [0.2, 0.25) is 0 Å². The molecule has 1 heterocycles. The Labute approximate surface area is 92.4 Å². The fourth-order valence-electron chi connectivity index (χ4n) is 2.05. The average molecular weight is 214 g/mol. The van der Waals surface area contributed by atoms with E-state index in [4.69, 9.17) is 0 Å². The van der Waals surface area contributed by atoms with Gasteiger partial charge in [0.05, 0.1) is 0 Å². The second-order valence-electron chi connectivity index (χ2n) is 3.77. The molecular formula is C13H10OS.